The molecule has 2 aromatic rings. The number of nitrogens with one attached hydrogen (secondary N) is 1. The van der Waals surface area contributed by atoms with Crippen molar-refractivity contribution in [1.82, 2.24) is 9.88 Å². The number of rotatable bonds is 3. The number of ether oxygens (including phenoxy) is 1. The van der Waals surface area contributed by atoms with Crippen molar-refractivity contribution >= 4 is 22.8 Å². The lowest BCUT2D eigenvalue weighted by Crippen LogP contribution is -2.35. The standard InChI is InChI=1S/C16H15F3N2O4/c1-15(14(23)24)4-5-21(8-15)13(22)12-6-9-2-3-10(7-11(9)20-12)25-16(17,18)19/h2-3,6-7,20H,4-5,8H2,1H3,(H,23,24)/t15-/m1/s1. The Kier molecular flexibility index (Phi) is 3.89. The Hall–Kier alpha value is -2.71. The fourth-order valence-corrected chi connectivity index (χ4v) is 2.90. The van der Waals surface area contributed by atoms with Crippen LogP contribution in [0.3, 0.4) is 0 Å². The van der Waals surface area contributed by atoms with Crippen LogP contribution in [-0.2, 0) is 4.79 Å². The highest BCUT2D eigenvalue weighted by Crippen LogP contribution is 2.32. The predicted molar refractivity (Wildman–Crippen MR) is 81.2 cm³/mol. The minimum absolute atomic E-state index is 0.0823. The van der Waals surface area contributed by atoms with Gasteiger partial charge in [0, 0.05) is 30.1 Å². The number of halogens is 3. The number of fused-ring (bicyclic) bond motifs is 1. The Morgan fingerprint density at radius 2 is 2.04 bits per heavy atom. The molecule has 1 fully saturated rings. The van der Waals surface area contributed by atoms with Crippen LogP contribution in [0.25, 0.3) is 10.9 Å². The first kappa shape index (κ1) is 17.1. The lowest BCUT2D eigenvalue weighted by atomic mass is 9.90. The van der Waals surface area contributed by atoms with Crippen LogP contribution in [0.4, 0.5) is 13.2 Å². The van der Waals surface area contributed by atoms with Crippen LogP contribution in [0, 0.1) is 5.41 Å². The summed E-state index contributed by atoms with van der Waals surface area (Å²) in [7, 11) is 0. The molecule has 6 nitrogen and oxygen atoms in total. The van der Waals surface area contributed by atoms with Gasteiger partial charge >= 0.3 is 12.3 Å². The fraction of sp³-hybridized carbons (Fsp3) is 0.375. The quantitative estimate of drug-likeness (QED) is 0.886. The highest BCUT2D eigenvalue weighted by Gasteiger charge is 2.42. The molecule has 134 valence electrons. The number of aromatic nitrogens is 1. The first-order chi connectivity index (χ1) is 11.6. The number of aromatic amines is 1. The zero-order chi connectivity index (χ0) is 18.4. The SMILES string of the molecule is C[C@@]1(C(=O)O)CCN(C(=O)c2cc3ccc(OC(F)(F)F)cc3[nH]2)C1. The number of carboxylic acids is 1. The van der Waals surface area contributed by atoms with Gasteiger partial charge in [0.2, 0.25) is 0 Å². The van der Waals surface area contributed by atoms with Gasteiger partial charge in [0.25, 0.3) is 5.91 Å². The zero-order valence-electron chi connectivity index (χ0n) is 13.2. The Labute approximate surface area is 140 Å². The largest absolute Gasteiger partial charge is 0.573 e. The van der Waals surface area contributed by atoms with Gasteiger partial charge in [-0.15, -0.1) is 13.2 Å². The fourth-order valence-electron chi connectivity index (χ4n) is 2.90. The van der Waals surface area contributed by atoms with Crippen LogP contribution in [0.5, 0.6) is 5.75 Å². The van der Waals surface area contributed by atoms with E-state index in [1.54, 1.807) is 6.92 Å². The van der Waals surface area contributed by atoms with Crippen LogP contribution in [0.1, 0.15) is 23.8 Å². The second-order valence-corrected chi connectivity index (χ2v) is 6.32. The van der Waals surface area contributed by atoms with Crippen molar-refractivity contribution in [3.8, 4) is 5.75 Å². The predicted octanol–water partition coefficient (Wildman–Crippen LogP) is 3.00. The molecule has 0 spiro atoms. The molecule has 2 heterocycles. The van der Waals surface area contributed by atoms with Gasteiger partial charge in [-0.2, -0.15) is 0 Å². The Morgan fingerprint density at radius 3 is 2.64 bits per heavy atom. The summed E-state index contributed by atoms with van der Waals surface area (Å²) in [5.41, 5.74) is -0.478. The second-order valence-electron chi connectivity index (χ2n) is 6.32. The first-order valence-electron chi connectivity index (χ1n) is 7.49. The molecule has 0 radical (unpaired) electrons. The summed E-state index contributed by atoms with van der Waals surface area (Å²) in [6.45, 7) is 1.97. The molecule has 1 aromatic carbocycles. The van der Waals surface area contributed by atoms with E-state index in [2.05, 4.69) is 9.72 Å². The van der Waals surface area contributed by atoms with Crippen LogP contribution in [-0.4, -0.2) is 46.3 Å². The highest BCUT2D eigenvalue weighted by molar-refractivity contribution is 5.98. The van der Waals surface area contributed by atoms with Crippen molar-refractivity contribution < 1.29 is 32.6 Å². The van der Waals surface area contributed by atoms with E-state index in [1.165, 1.54) is 17.0 Å². The number of hydrogen-bond acceptors (Lipinski definition) is 3. The maximum Gasteiger partial charge on any atom is 0.573 e. The molecule has 1 saturated heterocycles. The van der Waals surface area contributed by atoms with Gasteiger partial charge in [-0.1, -0.05) is 0 Å². The van der Waals surface area contributed by atoms with Crippen LogP contribution >= 0.6 is 0 Å². The van der Waals surface area contributed by atoms with E-state index in [0.717, 1.165) is 12.1 Å². The molecule has 1 aliphatic heterocycles. The number of amides is 1. The third-order valence-corrected chi connectivity index (χ3v) is 4.33. The van der Waals surface area contributed by atoms with E-state index in [-0.39, 0.29) is 23.9 Å². The molecule has 0 bridgehead atoms. The average molecular weight is 356 g/mol. The number of H-pyrrole nitrogens is 1. The number of likely N-dealkylation sites (tertiary alicyclic amines) is 1. The monoisotopic (exact) mass is 356 g/mol. The van der Waals surface area contributed by atoms with Gasteiger partial charge in [-0.05, 0) is 31.5 Å². The Balaban J connectivity index is 1.82. The molecule has 1 aliphatic rings. The summed E-state index contributed by atoms with van der Waals surface area (Å²) in [6.07, 6.45) is -4.45. The van der Waals surface area contributed by atoms with Gasteiger partial charge in [-0.25, -0.2) is 0 Å². The minimum atomic E-state index is -4.80. The normalized spacial score (nSPS) is 20.9. The first-order valence-corrected chi connectivity index (χ1v) is 7.49. The van der Waals surface area contributed by atoms with Crippen LogP contribution < -0.4 is 4.74 Å². The third-order valence-electron chi connectivity index (χ3n) is 4.33. The number of carbonyl (C=O) groups is 2. The minimum Gasteiger partial charge on any atom is -0.481 e. The molecule has 0 unspecified atom stereocenters. The molecular weight excluding hydrogens is 341 g/mol. The lowest BCUT2D eigenvalue weighted by Gasteiger charge is -2.19. The zero-order valence-corrected chi connectivity index (χ0v) is 13.2. The molecular formula is C16H15F3N2O4. The third kappa shape index (κ3) is 3.40. The lowest BCUT2D eigenvalue weighted by molar-refractivity contribution is -0.274. The summed E-state index contributed by atoms with van der Waals surface area (Å²) < 4.78 is 40.7. The van der Waals surface area contributed by atoms with Crippen molar-refractivity contribution in [2.24, 2.45) is 5.41 Å². The Morgan fingerprint density at radius 1 is 1.32 bits per heavy atom. The van der Waals surface area contributed by atoms with E-state index in [4.69, 9.17) is 0 Å². The number of benzene rings is 1. The van der Waals surface area contributed by atoms with E-state index in [1.807, 2.05) is 0 Å². The average Bonchev–Trinajstić information content (AvgIpc) is 3.09. The van der Waals surface area contributed by atoms with Crippen molar-refractivity contribution in [2.45, 2.75) is 19.7 Å². The molecule has 1 aromatic heterocycles. The molecule has 25 heavy (non-hydrogen) atoms. The molecule has 0 saturated carbocycles. The van der Waals surface area contributed by atoms with Crippen LogP contribution in [0.15, 0.2) is 24.3 Å². The van der Waals surface area contributed by atoms with Crippen molar-refractivity contribution in [3.05, 3.63) is 30.0 Å². The number of alkyl halides is 3. The number of carbonyl (C=O) groups excluding carboxylic acids is 1. The van der Waals surface area contributed by atoms with Crippen molar-refractivity contribution in [3.63, 3.8) is 0 Å². The van der Waals surface area contributed by atoms with Gasteiger partial charge in [-0.3, -0.25) is 9.59 Å². The molecule has 3 rings (SSSR count). The van der Waals surface area contributed by atoms with E-state index < -0.39 is 17.7 Å². The van der Waals surface area contributed by atoms with E-state index >= 15 is 0 Å². The van der Waals surface area contributed by atoms with E-state index in [0.29, 0.717) is 23.9 Å². The van der Waals surface area contributed by atoms with Crippen LogP contribution in [0.2, 0.25) is 0 Å². The number of aliphatic carboxylic acids is 1. The highest BCUT2D eigenvalue weighted by atomic mass is 19.4. The van der Waals surface area contributed by atoms with Gasteiger partial charge in [0.15, 0.2) is 0 Å². The molecule has 1 amide bonds. The van der Waals surface area contributed by atoms with Crippen molar-refractivity contribution in [2.75, 3.05) is 13.1 Å². The Bertz CT molecular complexity index is 846. The topological polar surface area (TPSA) is 82.6 Å². The second kappa shape index (κ2) is 5.68. The van der Waals surface area contributed by atoms with Crippen molar-refractivity contribution in [1.29, 1.82) is 0 Å². The summed E-state index contributed by atoms with van der Waals surface area (Å²) in [5, 5.41) is 9.78. The maximum absolute atomic E-state index is 12.5. The summed E-state index contributed by atoms with van der Waals surface area (Å²) in [6, 6.07) is 5.25. The number of hydrogen-bond donors (Lipinski definition) is 2. The number of carboxylic acid groups (broad SMARTS) is 1. The maximum atomic E-state index is 12.5. The summed E-state index contributed by atoms with van der Waals surface area (Å²) in [4.78, 5) is 28.0. The molecule has 9 heteroatoms. The molecule has 0 aliphatic carbocycles. The summed E-state index contributed by atoms with van der Waals surface area (Å²) in [5.74, 6) is -1.74. The van der Waals surface area contributed by atoms with E-state index in [9.17, 15) is 27.9 Å². The molecule has 1 atom stereocenters. The van der Waals surface area contributed by atoms with Gasteiger partial charge in [0.1, 0.15) is 11.4 Å². The summed E-state index contributed by atoms with van der Waals surface area (Å²) >= 11 is 0. The smallest absolute Gasteiger partial charge is 0.481 e. The number of nitrogens with zero attached hydrogens (tertiary/aromatic N) is 1. The molecule has 2 N–H and O–H groups in total. The van der Waals surface area contributed by atoms with Gasteiger partial charge in [0.05, 0.1) is 5.41 Å². The van der Waals surface area contributed by atoms with Gasteiger partial charge < -0.3 is 19.7 Å².